The van der Waals surface area contributed by atoms with Gasteiger partial charge in [0.2, 0.25) is 11.8 Å². The molecule has 1 heterocycles. The van der Waals surface area contributed by atoms with Gasteiger partial charge in [0.15, 0.2) is 0 Å². The number of carbonyl (C=O) groups is 1. The Morgan fingerprint density at radius 1 is 1.29 bits per heavy atom. The van der Waals surface area contributed by atoms with Gasteiger partial charge in [-0.1, -0.05) is 12.2 Å². The Labute approximate surface area is 136 Å². The zero-order valence-electron chi connectivity index (χ0n) is 13.3. The summed E-state index contributed by atoms with van der Waals surface area (Å²) in [7, 11) is 5.11. The molecule has 1 aliphatic carbocycles. The quantitative estimate of drug-likeness (QED) is 0.904. The maximum absolute atomic E-state index is 12.3. The van der Waals surface area contributed by atoms with Gasteiger partial charge in [0, 0.05) is 33.3 Å². The number of rotatable bonds is 4. The highest BCUT2D eigenvalue weighted by molar-refractivity contribution is 5.92. The summed E-state index contributed by atoms with van der Waals surface area (Å²) in [5.74, 6) is -0.397. The molecule has 0 bridgehead atoms. The van der Waals surface area contributed by atoms with Crippen LogP contribution in [0.4, 0.5) is 19.1 Å². The first-order chi connectivity index (χ1) is 11.2. The minimum atomic E-state index is -4.79. The van der Waals surface area contributed by atoms with Crippen molar-refractivity contribution in [2.45, 2.75) is 12.8 Å². The smallest absolute Gasteiger partial charge is 0.410 e. The van der Waals surface area contributed by atoms with Gasteiger partial charge in [-0.05, 0) is 12.2 Å². The fourth-order valence-electron chi connectivity index (χ4n) is 2.05. The topological polar surface area (TPSA) is 72.3 Å². The van der Waals surface area contributed by atoms with Gasteiger partial charge in [0.1, 0.15) is 5.76 Å². The monoisotopic (exact) mass is 343 g/mol. The number of hydrogen-bond donors (Lipinski definition) is 1. The van der Waals surface area contributed by atoms with Crippen LogP contribution in [-0.2, 0) is 11.8 Å². The van der Waals surface area contributed by atoms with Crippen LogP contribution in [0.1, 0.15) is 17.0 Å². The zero-order chi connectivity index (χ0) is 17.9. The molecule has 1 aromatic rings. The average molecular weight is 343 g/mol. The van der Waals surface area contributed by atoms with E-state index < -0.39 is 12.3 Å². The first-order valence-electron chi connectivity index (χ1n) is 6.87. The van der Waals surface area contributed by atoms with Gasteiger partial charge in [-0.2, -0.15) is 0 Å². The van der Waals surface area contributed by atoms with Crippen LogP contribution >= 0.6 is 0 Å². The molecular formula is C14H16F3N5O2. The van der Waals surface area contributed by atoms with Gasteiger partial charge < -0.3 is 15.0 Å². The van der Waals surface area contributed by atoms with Crippen LogP contribution in [0.5, 0.6) is 0 Å². The van der Waals surface area contributed by atoms with Crippen LogP contribution < -0.4 is 10.2 Å². The van der Waals surface area contributed by atoms with E-state index in [9.17, 15) is 18.0 Å². The number of carbonyl (C=O) groups excluding carboxylic acids is 1. The predicted octanol–water partition coefficient (Wildman–Crippen LogP) is 1.88. The lowest BCUT2D eigenvalue weighted by Crippen LogP contribution is -2.27. The van der Waals surface area contributed by atoms with Gasteiger partial charge in [0.05, 0.1) is 0 Å². The lowest BCUT2D eigenvalue weighted by Gasteiger charge is -2.14. The van der Waals surface area contributed by atoms with Crippen molar-refractivity contribution < 1.29 is 22.7 Å². The predicted molar refractivity (Wildman–Crippen MR) is 79.9 cm³/mol. The van der Waals surface area contributed by atoms with E-state index in [0.29, 0.717) is 5.95 Å². The second-order valence-electron chi connectivity index (χ2n) is 5.17. The third-order valence-electron chi connectivity index (χ3n) is 3.03. The molecule has 7 nitrogen and oxygen atoms in total. The van der Waals surface area contributed by atoms with E-state index >= 15 is 0 Å². The van der Waals surface area contributed by atoms with Crippen LogP contribution in [0.15, 0.2) is 35.8 Å². The summed E-state index contributed by atoms with van der Waals surface area (Å²) >= 11 is 0. The highest BCUT2D eigenvalue weighted by Crippen LogP contribution is 2.25. The molecule has 10 heteroatoms. The first-order valence-corrected chi connectivity index (χ1v) is 6.87. The van der Waals surface area contributed by atoms with Crippen LogP contribution in [0.2, 0.25) is 0 Å². The Hall–Kier alpha value is -2.78. The van der Waals surface area contributed by atoms with E-state index in [1.165, 1.54) is 28.9 Å². The number of ether oxygens (including phenoxy) is 1. The van der Waals surface area contributed by atoms with Crippen molar-refractivity contribution >= 4 is 11.9 Å². The summed E-state index contributed by atoms with van der Waals surface area (Å²) in [6.07, 6.45) is 0.580. The van der Waals surface area contributed by atoms with Gasteiger partial charge in [-0.15, -0.1) is 23.4 Å². The van der Waals surface area contributed by atoms with Gasteiger partial charge in [-0.3, -0.25) is 9.36 Å². The third-order valence-corrected chi connectivity index (χ3v) is 3.03. The molecule has 130 valence electrons. The van der Waals surface area contributed by atoms with Crippen LogP contribution in [0, 0.1) is 0 Å². The first kappa shape index (κ1) is 17.6. The van der Waals surface area contributed by atoms with E-state index in [0.717, 1.165) is 0 Å². The maximum Gasteiger partial charge on any atom is 0.572 e. The summed E-state index contributed by atoms with van der Waals surface area (Å²) in [4.78, 5) is 13.9. The second-order valence-corrected chi connectivity index (χ2v) is 5.17. The molecule has 2 rings (SSSR count). The molecule has 1 aliphatic rings. The Kier molecular flexibility index (Phi) is 4.96. The molecule has 0 aromatic carbocycles. The van der Waals surface area contributed by atoms with Crippen molar-refractivity contribution in [1.29, 1.82) is 0 Å². The number of nitrogens with zero attached hydrogens (tertiary/aromatic N) is 4. The third kappa shape index (κ3) is 4.37. The standard InChI is InChI=1S/C14H16F3N5O2/c1-21(2)13-20-19-11(22(13)3)12(23)18-9-6-4-5-7-10(8-9)24-14(15,16)17/h4-7H,8H2,1-3H3,(H,18,23). The molecule has 1 amide bonds. The van der Waals surface area contributed by atoms with E-state index in [2.05, 4.69) is 20.3 Å². The molecule has 1 aromatic heterocycles. The van der Waals surface area contributed by atoms with Crippen LogP contribution in [0.25, 0.3) is 0 Å². The number of alkyl halides is 3. The van der Waals surface area contributed by atoms with E-state index in [1.807, 2.05) is 0 Å². The molecule has 0 saturated carbocycles. The SMILES string of the molecule is CN(C)c1nnc(C(=O)NC2=CC=CC=C(OC(F)(F)F)C2)n1C. The Balaban J connectivity index is 2.10. The van der Waals surface area contributed by atoms with Crippen molar-refractivity contribution in [1.82, 2.24) is 20.1 Å². The highest BCUT2D eigenvalue weighted by Gasteiger charge is 2.32. The summed E-state index contributed by atoms with van der Waals surface area (Å²) in [5.41, 5.74) is 0.249. The number of allylic oxidation sites excluding steroid dienone is 4. The molecule has 24 heavy (non-hydrogen) atoms. The van der Waals surface area contributed by atoms with E-state index in [-0.39, 0.29) is 23.7 Å². The molecule has 0 saturated heterocycles. The molecule has 0 unspecified atom stereocenters. The molecule has 0 fully saturated rings. The normalized spacial score (nSPS) is 14.6. The van der Waals surface area contributed by atoms with E-state index in [1.54, 1.807) is 26.0 Å². The molecule has 0 atom stereocenters. The van der Waals surface area contributed by atoms with E-state index in [4.69, 9.17) is 0 Å². The Morgan fingerprint density at radius 2 is 1.96 bits per heavy atom. The lowest BCUT2D eigenvalue weighted by molar-refractivity contribution is -0.306. The lowest BCUT2D eigenvalue weighted by atomic mass is 10.2. The van der Waals surface area contributed by atoms with Crippen molar-refractivity contribution in [3.63, 3.8) is 0 Å². The summed E-state index contributed by atoms with van der Waals surface area (Å²) in [5, 5.41) is 10.2. The summed E-state index contributed by atoms with van der Waals surface area (Å²) < 4.78 is 42.4. The Morgan fingerprint density at radius 3 is 2.54 bits per heavy atom. The number of nitrogens with one attached hydrogen (secondary N) is 1. The summed E-state index contributed by atoms with van der Waals surface area (Å²) in [6, 6.07) is 0. The van der Waals surface area contributed by atoms with Gasteiger partial charge >= 0.3 is 6.36 Å². The molecule has 1 N–H and O–H groups in total. The van der Waals surface area contributed by atoms with Gasteiger partial charge in [-0.25, -0.2) is 0 Å². The van der Waals surface area contributed by atoms with Crippen molar-refractivity contribution in [3.8, 4) is 0 Å². The minimum absolute atomic E-state index is 0.0371. The molecule has 0 aliphatic heterocycles. The Bertz CT molecular complexity index is 716. The van der Waals surface area contributed by atoms with Crippen molar-refractivity contribution in [3.05, 3.63) is 41.6 Å². The zero-order valence-corrected chi connectivity index (χ0v) is 13.3. The van der Waals surface area contributed by atoms with Gasteiger partial charge in [0.25, 0.3) is 5.91 Å². The number of aromatic nitrogens is 3. The maximum atomic E-state index is 12.3. The largest absolute Gasteiger partial charge is 0.572 e. The van der Waals surface area contributed by atoms with Crippen molar-refractivity contribution in [2.75, 3.05) is 19.0 Å². The molecule has 0 spiro atoms. The average Bonchev–Trinajstić information content (AvgIpc) is 2.70. The van der Waals surface area contributed by atoms with Crippen LogP contribution in [0.3, 0.4) is 0 Å². The van der Waals surface area contributed by atoms with Crippen LogP contribution in [-0.4, -0.2) is 41.1 Å². The number of hydrogen-bond acceptors (Lipinski definition) is 5. The highest BCUT2D eigenvalue weighted by atomic mass is 19.4. The minimum Gasteiger partial charge on any atom is -0.410 e. The molecular weight excluding hydrogens is 327 g/mol. The molecule has 0 radical (unpaired) electrons. The number of halogens is 3. The van der Waals surface area contributed by atoms with Crippen molar-refractivity contribution in [2.24, 2.45) is 7.05 Å². The number of amides is 1. The number of anilines is 1. The second kappa shape index (κ2) is 6.77. The fraction of sp³-hybridized carbons (Fsp3) is 0.357. The summed E-state index contributed by atoms with van der Waals surface area (Å²) in [6.45, 7) is 0. The fourth-order valence-corrected chi connectivity index (χ4v) is 2.05.